The highest BCUT2D eigenvalue weighted by atomic mass is 16.5. The monoisotopic (exact) mass is 263 g/mol. The molecule has 0 aliphatic heterocycles. The van der Waals surface area contributed by atoms with Gasteiger partial charge in [0.15, 0.2) is 5.96 Å². The molecule has 0 heterocycles. The lowest BCUT2D eigenvalue weighted by Crippen LogP contribution is -2.39. The largest absolute Gasteiger partial charge is 0.492 e. The molecule has 19 heavy (non-hydrogen) atoms. The van der Waals surface area contributed by atoms with E-state index in [4.69, 9.17) is 4.74 Å². The Hall–Kier alpha value is -1.71. The van der Waals surface area contributed by atoms with E-state index in [0.29, 0.717) is 6.61 Å². The number of aliphatic imine (C=N–C) groups is 1. The Morgan fingerprint density at radius 1 is 1.26 bits per heavy atom. The van der Waals surface area contributed by atoms with E-state index in [2.05, 4.69) is 42.5 Å². The van der Waals surface area contributed by atoms with Crippen LogP contribution in [0.2, 0.25) is 0 Å². The van der Waals surface area contributed by atoms with Crippen LogP contribution in [0.3, 0.4) is 0 Å². The van der Waals surface area contributed by atoms with Gasteiger partial charge in [0.25, 0.3) is 0 Å². The van der Waals surface area contributed by atoms with Crippen molar-refractivity contribution in [3.05, 3.63) is 29.8 Å². The molecule has 0 saturated carbocycles. The first-order valence-electron chi connectivity index (χ1n) is 6.98. The topological polar surface area (TPSA) is 45.7 Å². The van der Waals surface area contributed by atoms with Crippen molar-refractivity contribution in [2.75, 3.05) is 26.2 Å². The molecule has 0 bridgehead atoms. The van der Waals surface area contributed by atoms with Crippen LogP contribution in [0.5, 0.6) is 5.75 Å². The summed E-state index contributed by atoms with van der Waals surface area (Å²) in [6.07, 6.45) is 1.05. The zero-order valence-electron chi connectivity index (χ0n) is 12.2. The van der Waals surface area contributed by atoms with Crippen molar-refractivity contribution in [1.82, 2.24) is 10.6 Å². The normalized spacial score (nSPS) is 11.2. The summed E-state index contributed by atoms with van der Waals surface area (Å²) < 4.78 is 5.67. The number of ether oxygens (including phenoxy) is 1. The molecule has 0 amide bonds. The standard InChI is InChI=1S/C15H25N3O/c1-4-9-17-15(16-5-2)18-10-11-19-14-8-6-7-13(3)12-14/h6-8,12H,4-5,9-11H2,1-3H3,(H2,16,17,18). The highest BCUT2D eigenvalue weighted by Crippen LogP contribution is 2.11. The van der Waals surface area contributed by atoms with Crippen LogP contribution in [0.25, 0.3) is 0 Å². The summed E-state index contributed by atoms with van der Waals surface area (Å²) >= 11 is 0. The molecular weight excluding hydrogens is 238 g/mol. The third-order valence-electron chi connectivity index (χ3n) is 2.49. The van der Waals surface area contributed by atoms with Gasteiger partial charge in [-0.05, 0) is 38.0 Å². The van der Waals surface area contributed by atoms with Crippen LogP contribution in [0.4, 0.5) is 0 Å². The first-order valence-corrected chi connectivity index (χ1v) is 6.98. The molecule has 0 aromatic heterocycles. The Labute approximate surface area is 116 Å². The first-order chi connectivity index (χ1) is 9.26. The lowest BCUT2D eigenvalue weighted by molar-refractivity contribution is 0.321. The van der Waals surface area contributed by atoms with Gasteiger partial charge in [0.05, 0.1) is 6.54 Å². The molecule has 4 nitrogen and oxygen atoms in total. The molecule has 0 spiro atoms. The van der Waals surface area contributed by atoms with Gasteiger partial charge in [-0.2, -0.15) is 0 Å². The molecule has 4 heteroatoms. The van der Waals surface area contributed by atoms with Crippen molar-refractivity contribution >= 4 is 5.96 Å². The van der Waals surface area contributed by atoms with Crippen molar-refractivity contribution in [3.63, 3.8) is 0 Å². The number of hydrogen-bond acceptors (Lipinski definition) is 2. The van der Waals surface area contributed by atoms with E-state index in [0.717, 1.165) is 37.8 Å². The maximum Gasteiger partial charge on any atom is 0.191 e. The second-order valence-electron chi connectivity index (χ2n) is 4.35. The zero-order chi connectivity index (χ0) is 13.9. The highest BCUT2D eigenvalue weighted by Gasteiger charge is 1.97. The molecular formula is C15H25N3O. The average Bonchev–Trinajstić information content (AvgIpc) is 2.41. The zero-order valence-corrected chi connectivity index (χ0v) is 12.2. The Morgan fingerprint density at radius 2 is 2.11 bits per heavy atom. The summed E-state index contributed by atoms with van der Waals surface area (Å²) in [4.78, 5) is 4.43. The van der Waals surface area contributed by atoms with Gasteiger partial charge in [-0.15, -0.1) is 0 Å². The fraction of sp³-hybridized carbons (Fsp3) is 0.533. The summed E-state index contributed by atoms with van der Waals surface area (Å²) in [5.41, 5.74) is 1.21. The third kappa shape index (κ3) is 6.70. The van der Waals surface area contributed by atoms with E-state index in [1.54, 1.807) is 0 Å². The molecule has 0 aliphatic rings. The third-order valence-corrected chi connectivity index (χ3v) is 2.49. The van der Waals surface area contributed by atoms with E-state index in [1.165, 1.54) is 5.56 Å². The second kappa shape index (κ2) is 9.25. The minimum Gasteiger partial charge on any atom is -0.492 e. The van der Waals surface area contributed by atoms with E-state index in [-0.39, 0.29) is 0 Å². The van der Waals surface area contributed by atoms with Gasteiger partial charge < -0.3 is 15.4 Å². The molecule has 1 aromatic carbocycles. The van der Waals surface area contributed by atoms with Crippen LogP contribution in [0.15, 0.2) is 29.3 Å². The quantitative estimate of drug-likeness (QED) is 0.451. The van der Waals surface area contributed by atoms with Gasteiger partial charge >= 0.3 is 0 Å². The Kier molecular flexibility index (Phi) is 7.47. The molecule has 0 atom stereocenters. The predicted molar refractivity (Wildman–Crippen MR) is 80.9 cm³/mol. The minimum atomic E-state index is 0.625. The smallest absolute Gasteiger partial charge is 0.191 e. The maximum absolute atomic E-state index is 5.67. The summed E-state index contributed by atoms with van der Waals surface area (Å²) in [6.45, 7) is 9.32. The summed E-state index contributed by atoms with van der Waals surface area (Å²) in [5.74, 6) is 1.77. The van der Waals surface area contributed by atoms with E-state index < -0.39 is 0 Å². The first kappa shape index (κ1) is 15.3. The van der Waals surface area contributed by atoms with Crippen molar-refractivity contribution in [2.45, 2.75) is 27.2 Å². The fourth-order valence-corrected chi connectivity index (χ4v) is 1.61. The number of hydrogen-bond donors (Lipinski definition) is 2. The lowest BCUT2D eigenvalue weighted by Gasteiger charge is -2.12. The molecule has 0 unspecified atom stereocenters. The Balaban J connectivity index is 2.28. The van der Waals surface area contributed by atoms with Gasteiger partial charge in [-0.3, -0.25) is 4.99 Å². The van der Waals surface area contributed by atoms with Gasteiger partial charge in [0.2, 0.25) is 0 Å². The van der Waals surface area contributed by atoms with Crippen molar-refractivity contribution < 1.29 is 4.74 Å². The van der Waals surface area contributed by atoms with Crippen molar-refractivity contribution in [1.29, 1.82) is 0 Å². The number of nitrogens with zero attached hydrogens (tertiary/aromatic N) is 1. The van der Waals surface area contributed by atoms with Crippen LogP contribution in [0, 0.1) is 6.92 Å². The predicted octanol–water partition coefficient (Wildman–Crippen LogP) is 2.34. The van der Waals surface area contributed by atoms with Gasteiger partial charge in [0, 0.05) is 13.1 Å². The Morgan fingerprint density at radius 3 is 2.79 bits per heavy atom. The molecule has 0 saturated heterocycles. The molecule has 0 fully saturated rings. The van der Waals surface area contributed by atoms with Crippen LogP contribution in [0.1, 0.15) is 25.8 Å². The van der Waals surface area contributed by atoms with Crippen LogP contribution in [-0.4, -0.2) is 32.2 Å². The molecule has 1 rings (SSSR count). The summed E-state index contributed by atoms with van der Waals surface area (Å²) in [6, 6.07) is 8.08. The average molecular weight is 263 g/mol. The SMILES string of the molecule is CCCN=C(NCC)NCCOc1cccc(C)c1. The Bertz CT molecular complexity index is 391. The number of benzene rings is 1. The molecule has 1 aromatic rings. The molecule has 0 radical (unpaired) electrons. The van der Waals surface area contributed by atoms with Crippen LogP contribution >= 0.6 is 0 Å². The van der Waals surface area contributed by atoms with E-state index in [9.17, 15) is 0 Å². The van der Waals surface area contributed by atoms with E-state index in [1.807, 2.05) is 18.2 Å². The number of guanidine groups is 1. The lowest BCUT2D eigenvalue weighted by atomic mass is 10.2. The number of rotatable bonds is 7. The molecule has 0 aliphatic carbocycles. The summed E-state index contributed by atoms with van der Waals surface area (Å²) in [7, 11) is 0. The number of nitrogens with one attached hydrogen (secondary N) is 2. The van der Waals surface area contributed by atoms with Gasteiger partial charge in [0.1, 0.15) is 12.4 Å². The van der Waals surface area contributed by atoms with Gasteiger partial charge in [-0.1, -0.05) is 19.1 Å². The second-order valence-corrected chi connectivity index (χ2v) is 4.35. The number of aryl methyl sites for hydroxylation is 1. The summed E-state index contributed by atoms with van der Waals surface area (Å²) in [5, 5.41) is 6.46. The van der Waals surface area contributed by atoms with Gasteiger partial charge in [-0.25, -0.2) is 0 Å². The van der Waals surface area contributed by atoms with Crippen molar-refractivity contribution in [3.8, 4) is 5.75 Å². The van der Waals surface area contributed by atoms with E-state index >= 15 is 0 Å². The minimum absolute atomic E-state index is 0.625. The maximum atomic E-state index is 5.67. The van der Waals surface area contributed by atoms with Crippen LogP contribution < -0.4 is 15.4 Å². The highest BCUT2D eigenvalue weighted by molar-refractivity contribution is 5.79. The fourth-order valence-electron chi connectivity index (χ4n) is 1.61. The molecule has 106 valence electrons. The van der Waals surface area contributed by atoms with Crippen molar-refractivity contribution in [2.24, 2.45) is 4.99 Å². The molecule has 2 N–H and O–H groups in total. The van der Waals surface area contributed by atoms with Crippen LogP contribution in [-0.2, 0) is 0 Å².